The number of ether oxygens (including phenoxy) is 1. The molecule has 0 radical (unpaired) electrons. The quantitative estimate of drug-likeness (QED) is 0.483. The van der Waals surface area contributed by atoms with E-state index < -0.39 is 16.4 Å². The largest absolute Gasteiger partial charge is 0.464 e. The Morgan fingerprint density at radius 3 is 2.58 bits per heavy atom. The molecular weight excluding hydrogens is 248 g/mol. The zero-order chi connectivity index (χ0) is 14.5. The van der Waals surface area contributed by atoms with Gasteiger partial charge in [-0.05, 0) is 19.4 Å². The second-order valence-corrected chi connectivity index (χ2v) is 4.22. The van der Waals surface area contributed by atoms with Crippen molar-refractivity contribution in [3.8, 4) is 0 Å². The first-order valence-electron chi connectivity index (χ1n) is 6.17. The van der Waals surface area contributed by atoms with Gasteiger partial charge in [-0.3, -0.25) is 10.1 Å². The number of carbonyl (C=O) groups is 1. The van der Waals surface area contributed by atoms with Gasteiger partial charge in [0.1, 0.15) is 5.54 Å². The maximum atomic E-state index is 12.1. The van der Waals surface area contributed by atoms with Crippen LogP contribution in [-0.2, 0) is 15.1 Å². The zero-order valence-electron chi connectivity index (χ0n) is 11.1. The van der Waals surface area contributed by atoms with Gasteiger partial charge >= 0.3 is 5.97 Å². The van der Waals surface area contributed by atoms with E-state index in [0.29, 0.717) is 6.42 Å². The Morgan fingerprint density at radius 1 is 1.42 bits per heavy atom. The number of rotatable bonds is 6. The van der Waals surface area contributed by atoms with E-state index in [1.54, 1.807) is 19.1 Å². The monoisotopic (exact) mass is 266 g/mol. The second kappa shape index (κ2) is 6.29. The Balaban J connectivity index is 3.33. The second-order valence-electron chi connectivity index (χ2n) is 4.22. The summed E-state index contributed by atoms with van der Waals surface area (Å²) in [6, 6.07) is 6.01. The first kappa shape index (κ1) is 15.1. The van der Waals surface area contributed by atoms with Gasteiger partial charge < -0.3 is 10.5 Å². The lowest BCUT2D eigenvalue weighted by molar-refractivity contribution is -0.386. The lowest BCUT2D eigenvalue weighted by Crippen LogP contribution is -2.46. The molecule has 2 N–H and O–H groups in total. The first-order valence-corrected chi connectivity index (χ1v) is 6.17. The van der Waals surface area contributed by atoms with E-state index >= 15 is 0 Å². The number of esters is 1. The Labute approximate surface area is 111 Å². The minimum Gasteiger partial charge on any atom is -0.464 e. The molecule has 1 atom stereocenters. The van der Waals surface area contributed by atoms with Crippen molar-refractivity contribution < 1.29 is 14.5 Å². The van der Waals surface area contributed by atoms with Gasteiger partial charge in [0.15, 0.2) is 0 Å². The number of nitro groups is 1. The third-order valence-electron chi connectivity index (χ3n) is 2.87. The van der Waals surface area contributed by atoms with Crippen LogP contribution in [-0.4, -0.2) is 17.5 Å². The molecule has 0 amide bonds. The SMILES string of the molecule is CCCC(N)(C(=O)OCC)c1ccccc1[N+](=O)[O-]. The van der Waals surface area contributed by atoms with Crippen LogP contribution in [0.2, 0.25) is 0 Å². The molecule has 1 unspecified atom stereocenters. The topological polar surface area (TPSA) is 95.5 Å². The molecule has 0 fully saturated rings. The summed E-state index contributed by atoms with van der Waals surface area (Å²) in [5.74, 6) is -0.633. The third kappa shape index (κ3) is 3.08. The number of benzene rings is 1. The summed E-state index contributed by atoms with van der Waals surface area (Å²) >= 11 is 0. The summed E-state index contributed by atoms with van der Waals surface area (Å²) in [4.78, 5) is 22.6. The summed E-state index contributed by atoms with van der Waals surface area (Å²) in [6.45, 7) is 3.71. The number of para-hydroxylation sites is 1. The van der Waals surface area contributed by atoms with E-state index in [1.165, 1.54) is 12.1 Å². The van der Waals surface area contributed by atoms with Crippen molar-refractivity contribution in [1.82, 2.24) is 0 Å². The number of carbonyl (C=O) groups excluding carboxylic acids is 1. The summed E-state index contributed by atoms with van der Waals surface area (Å²) in [7, 11) is 0. The number of nitro benzene ring substituents is 1. The lowest BCUT2D eigenvalue weighted by Gasteiger charge is -2.26. The van der Waals surface area contributed by atoms with Crippen LogP contribution in [0.5, 0.6) is 0 Å². The fourth-order valence-electron chi connectivity index (χ4n) is 2.01. The Hall–Kier alpha value is -1.95. The van der Waals surface area contributed by atoms with E-state index in [9.17, 15) is 14.9 Å². The molecule has 19 heavy (non-hydrogen) atoms. The van der Waals surface area contributed by atoms with Gasteiger partial charge in [0, 0.05) is 6.07 Å². The molecule has 0 aliphatic carbocycles. The molecule has 1 aromatic rings. The predicted molar refractivity (Wildman–Crippen MR) is 70.5 cm³/mol. The predicted octanol–water partition coefficient (Wildman–Crippen LogP) is 2.11. The van der Waals surface area contributed by atoms with E-state index in [2.05, 4.69) is 0 Å². The van der Waals surface area contributed by atoms with Crippen LogP contribution in [0.1, 0.15) is 32.3 Å². The van der Waals surface area contributed by atoms with Crippen LogP contribution in [0.3, 0.4) is 0 Å². The molecule has 104 valence electrons. The maximum Gasteiger partial charge on any atom is 0.331 e. The summed E-state index contributed by atoms with van der Waals surface area (Å²) < 4.78 is 4.96. The van der Waals surface area contributed by atoms with Gasteiger partial charge in [0.2, 0.25) is 0 Å². The Kier molecular flexibility index (Phi) is 5.00. The smallest absolute Gasteiger partial charge is 0.331 e. The van der Waals surface area contributed by atoms with Gasteiger partial charge in [0.25, 0.3) is 5.69 Å². The maximum absolute atomic E-state index is 12.1. The molecular formula is C13H18N2O4. The fraction of sp³-hybridized carbons (Fsp3) is 0.462. The van der Waals surface area contributed by atoms with E-state index in [-0.39, 0.29) is 24.3 Å². The van der Waals surface area contributed by atoms with Crippen LogP contribution in [0, 0.1) is 10.1 Å². The molecule has 0 bridgehead atoms. The molecule has 6 nitrogen and oxygen atoms in total. The van der Waals surface area contributed by atoms with Gasteiger partial charge in [0.05, 0.1) is 17.1 Å². The molecule has 6 heteroatoms. The molecule has 0 spiro atoms. The average Bonchev–Trinajstić information content (AvgIpc) is 2.39. The van der Waals surface area contributed by atoms with Crippen molar-refractivity contribution in [3.05, 3.63) is 39.9 Å². The molecule has 1 rings (SSSR count). The Bertz CT molecular complexity index is 475. The van der Waals surface area contributed by atoms with Crippen molar-refractivity contribution in [2.24, 2.45) is 5.73 Å². The normalized spacial score (nSPS) is 13.6. The highest BCUT2D eigenvalue weighted by atomic mass is 16.6. The van der Waals surface area contributed by atoms with Crippen molar-refractivity contribution in [2.75, 3.05) is 6.61 Å². The molecule has 0 aromatic heterocycles. The molecule has 0 saturated heterocycles. The molecule has 0 heterocycles. The standard InChI is InChI=1S/C13H18N2O4/c1-3-9-13(14,12(16)19-4-2)10-7-5-6-8-11(10)15(17)18/h5-8H,3-4,9,14H2,1-2H3. The highest BCUT2D eigenvalue weighted by Crippen LogP contribution is 2.32. The van der Waals surface area contributed by atoms with E-state index in [4.69, 9.17) is 10.5 Å². The van der Waals surface area contributed by atoms with Crippen molar-refractivity contribution in [2.45, 2.75) is 32.2 Å². The lowest BCUT2D eigenvalue weighted by atomic mass is 9.85. The number of nitrogens with two attached hydrogens (primary N) is 1. The van der Waals surface area contributed by atoms with Gasteiger partial charge in [-0.2, -0.15) is 0 Å². The first-order chi connectivity index (χ1) is 8.97. The molecule has 0 aliphatic rings. The van der Waals surface area contributed by atoms with E-state index in [1.807, 2.05) is 6.92 Å². The summed E-state index contributed by atoms with van der Waals surface area (Å²) in [6.07, 6.45) is 0.901. The van der Waals surface area contributed by atoms with Crippen LogP contribution in [0.4, 0.5) is 5.69 Å². The summed E-state index contributed by atoms with van der Waals surface area (Å²) in [5, 5.41) is 11.1. The van der Waals surface area contributed by atoms with E-state index in [0.717, 1.165) is 0 Å². The highest BCUT2D eigenvalue weighted by Gasteiger charge is 2.41. The highest BCUT2D eigenvalue weighted by molar-refractivity contribution is 5.84. The van der Waals surface area contributed by atoms with Crippen molar-refractivity contribution >= 4 is 11.7 Å². The fourth-order valence-corrected chi connectivity index (χ4v) is 2.01. The van der Waals surface area contributed by atoms with Gasteiger partial charge in [-0.25, -0.2) is 4.79 Å². The number of hydrogen-bond acceptors (Lipinski definition) is 5. The number of hydrogen-bond donors (Lipinski definition) is 1. The van der Waals surface area contributed by atoms with Crippen LogP contribution >= 0.6 is 0 Å². The summed E-state index contributed by atoms with van der Waals surface area (Å²) in [5.41, 5.74) is 4.68. The van der Waals surface area contributed by atoms with Crippen molar-refractivity contribution in [1.29, 1.82) is 0 Å². The van der Waals surface area contributed by atoms with Crippen molar-refractivity contribution in [3.63, 3.8) is 0 Å². The van der Waals surface area contributed by atoms with Crippen LogP contribution in [0.25, 0.3) is 0 Å². The molecule has 0 saturated carbocycles. The van der Waals surface area contributed by atoms with Gasteiger partial charge in [-0.1, -0.05) is 25.5 Å². The van der Waals surface area contributed by atoms with Crippen LogP contribution in [0.15, 0.2) is 24.3 Å². The minimum absolute atomic E-state index is 0.161. The molecule has 0 aliphatic heterocycles. The third-order valence-corrected chi connectivity index (χ3v) is 2.87. The Morgan fingerprint density at radius 2 is 2.05 bits per heavy atom. The van der Waals surface area contributed by atoms with Crippen LogP contribution < -0.4 is 5.73 Å². The van der Waals surface area contributed by atoms with Gasteiger partial charge in [-0.15, -0.1) is 0 Å². The zero-order valence-corrected chi connectivity index (χ0v) is 11.1. The average molecular weight is 266 g/mol. The molecule has 1 aromatic carbocycles. The number of nitrogens with zero attached hydrogens (tertiary/aromatic N) is 1. The minimum atomic E-state index is -1.48.